The maximum absolute atomic E-state index is 11.0. The van der Waals surface area contributed by atoms with Crippen LogP contribution in [-0.4, -0.2) is 29.4 Å². The number of methoxy groups -OCH3 is 1. The van der Waals surface area contributed by atoms with Gasteiger partial charge in [0.1, 0.15) is 12.4 Å². The van der Waals surface area contributed by atoms with E-state index in [1.807, 2.05) is 10.8 Å². The van der Waals surface area contributed by atoms with Crippen LogP contribution in [0.4, 0.5) is 10.5 Å². The van der Waals surface area contributed by atoms with Gasteiger partial charge in [-0.3, -0.25) is 5.32 Å². The fourth-order valence-corrected chi connectivity index (χ4v) is 1.49. The fraction of sp³-hybridized carbons (Fsp3) is 0.231. The lowest BCUT2D eigenvalue weighted by atomic mass is 10.3. The molecule has 2 rings (SSSR count). The Kier molecular flexibility index (Phi) is 4.39. The number of rotatable bonds is 5. The summed E-state index contributed by atoms with van der Waals surface area (Å²) in [5.41, 5.74) is 0.661. The Labute approximate surface area is 111 Å². The third-order valence-corrected chi connectivity index (χ3v) is 2.46. The van der Waals surface area contributed by atoms with Crippen LogP contribution in [0.3, 0.4) is 0 Å². The molecule has 0 fully saturated rings. The normalized spacial score (nSPS) is 9.95. The number of carbonyl (C=O) groups excluding carboxylic acids is 1. The summed E-state index contributed by atoms with van der Waals surface area (Å²) in [5.74, 6) is 0.746. The smallest absolute Gasteiger partial charge is 0.411 e. The van der Waals surface area contributed by atoms with Gasteiger partial charge in [0.05, 0.1) is 20.0 Å². The molecule has 1 amide bonds. The Morgan fingerprint density at radius 1 is 1.37 bits per heavy atom. The highest BCUT2D eigenvalue weighted by Crippen LogP contribution is 2.15. The zero-order valence-corrected chi connectivity index (χ0v) is 10.6. The van der Waals surface area contributed by atoms with Gasteiger partial charge >= 0.3 is 6.09 Å². The van der Waals surface area contributed by atoms with Crippen LogP contribution in [0.5, 0.6) is 5.75 Å². The van der Waals surface area contributed by atoms with Crippen molar-refractivity contribution in [2.75, 3.05) is 19.0 Å². The molecule has 1 aromatic heterocycles. The molecule has 0 radical (unpaired) electrons. The molecular weight excluding hydrogens is 246 g/mol. The topological polar surface area (TPSA) is 65.4 Å². The molecule has 1 N–H and O–H groups in total. The highest BCUT2D eigenvalue weighted by molar-refractivity contribution is 5.84. The fourth-order valence-electron chi connectivity index (χ4n) is 1.49. The Morgan fingerprint density at radius 3 is 2.79 bits per heavy atom. The van der Waals surface area contributed by atoms with Crippen LogP contribution < -0.4 is 10.1 Å². The van der Waals surface area contributed by atoms with Gasteiger partial charge in [-0.25, -0.2) is 9.78 Å². The minimum atomic E-state index is -0.492. The lowest BCUT2D eigenvalue weighted by Gasteiger charge is -2.08. The van der Waals surface area contributed by atoms with Crippen LogP contribution in [-0.2, 0) is 11.3 Å². The largest absolute Gasteiger partial charge is 0.492 e. The van der Waals surface area contributed by atoms with Crippen LogP contribution in [0.25, 0.3) is 0 Å². The molecule has 0 aliphatic carbocycles. The van der Waals surface area contributed by atoms with Crippen molar-refractivity contribution in [3.05, 3.63) is 43.0 Å². The number of carbonyl (C=O) groups is 1. The van der Waals surface area contributed by atoms with E-state index in [1.165, 1.54) is 7.11 Å². The van der Waals surface area contributed by atoms with E-state index >= 15 is 0 Å². The molecule has 0 saturated carbocycles. The summed E-state index contributed by atoms with van der Waals surface area (Å²) in [7, 11) is 1.32. The van der Waals surface area contributed by atoms with Gasteiger partial charge in [-0.2, -0.15) is 0 Å². The van der Waals surface area contributed by atoms with E-state index in [0.29, 0.717) is 12.3 Å². The van der Waals surface area contributed by atoms with Gasteiger partial charge in [0.15, 0.2) is 0 Å². The first-order valence-electron chi connectivity index (χ1n) is 5.81. The molecule has 6 heteroatoms. The van der Waals surface area contributed by atoms with Gasteiger partial charge < -0.3 is 14.0 Å². The number of imidazole rings is 1. The molecule has 0 unspecified atom stereocenters. The van der Waals surface area contributed by atoms with E-state index in [-0.39, 0.29) is 0 Å². The zero-order valence-electron chi connectivity index (χ0n) is 10.6. The highest BCUT2D eigenvalue weighted by atomic mass is 16.5. The van der Waals surface area contributed by atoms with Gasteiger partial charge in [0.2, 0.25) is 0 Å². The first kappa shape index (κ1) is 12.9. The zero-order chi connectivity index (χ0) is 13.5. The Bertz CT molecular complexity index is 508. The minimum absolute atomic E-state index is 0.492. The van der Waals surface area contributed by atoms with Crippen molar-refractivity contribution >= 4 is 11.8 Å². The molecule has 19 heavy (non-hydrogen) atoms. The van der Waals surface area contributed by atoms with Crippen molar-refractivity contribution in [2.45, 2.75) is 6.54 Å². The molecule has 0 aliphatic heterocycles. The molecule has 1 heterocycles. The van der Waals surface area contributed by atoms with Crippen LogP contribution in [0.15, 0.2) is 43.0 Å². The number of benzene rings is 1. The van der Waals surface area contributed by atoms with E-state index in [4.69, 9.17) is 4.74 Å². The highest BCUT2D eigenvalue weighted by Gasteiger charge is 2.00. The van der Waals surface area contributed by atoms with Gasteiger partial charge in [-0.05, 0) is 24.3 Å². The molecule has 0 bridgehead atoms. The second-order valence-electron chi connectivity index (χ2n) is 3.79. The lowest BCUT2D eigenvalue weighted by molar-refractivity contribution is 0.187. The summed E-state index contributed by atoms with van der Waals surface area (Å²) in [6.45, 7) is 1.29. The number of hydrogen-bond acceptors (Lipinski definition) is 4. The average Bonchev–Trinajstić information content (AvgIpc) is 2.94. The minimum Gasteiger partial charge on any atom is -0.492 e. The molecule has 0 spiro atoms. The van der Waals surface area contributed by atoms with Crippen molar-refractivity contribution in [3.63, 3.8) is 0 Å². The monoisotopic (exact) mass is 261 g/mol. The Balaban J connectivity index is 1.80. The van der Waals surface area contributed by atoms with Crippen molar-refractivity contribution < 1.29 is 14.3 Å². The number of ether oxygens (including phenoxy) is 2. The summed E-state index contributed by atoms with van der Waals surface area (Å²) in [4.78, 5) is 14.9. The molecule has 0 saturated heterocycles. The second kappa shape index (κ2) is 6.44. The van der Waals surface area contributed by atoms with Gasteiger partial charge in [0.25, 0.3) is 0 Å². The molecule has 2 aromatic rings. The number of anilines is 1. The van der Waals surface area contributed by atoms with E-state index in [0.717, 1.165) is 12.3 Å². The predicted octanol–water partition coefficient (Wildman–Crippen LogP) is 2.14. The molecule has 100 valence electrons. The standard InChI is InChI=1S/C13H15N3O3/c1-18-13(17)15-11-2-4-12(5-3-11)19-9-8-16-7-6-14-10-16/h2-7,10H,8-9H2,1H3,(H,15,17). The van der Waals surface area contributed by atoms with E-state index < -0.39 is 6.09 Å². The number of nitrogens with zero attached hydrogens (tertiary/aromatic N) is 2. The molecular formula is C13H15N3O3. The van der Waals surface area contributed by atoms with Gasteiger partial charge in [-0.15, -0.1) is 0 Å². The first-order valence-corrected chi connectivity index (χ1v) is 5.81. The molecule has 0 aliphatic rings. The molecule has 1 aromatic carbocycles. The predicted molar refractivity (Wildman–Crippen MR) is 70.2 cm³/mol. The van der Waals surface area contributed by atoms with Crippen LogP contribution in [0, 0.1) is 0 Å². The molecule has 6 nitrogen and oxygen atoms in total. The van der Waals surface area contributed by atoms with E-state index in [1.54, 1.807) is 36.8 Å². The number of nitrogens with one attached hydrogen (secondary N) is 1. The van der Waals surface area contributed by atoms with Crippen molar-refractivity contribution in [1.82, 2.24) is 9.55 Å². The Hall–Kier alpha value is -2.50. The third-order valence-electron chi connectivity index (χ3n) is 2.46. The van der Waals surface area contributed by atoms with Gasteiger partial charge in [0, 0.05) is 18.1 Å². The SMILES string of the molecule is COC(=O)Nc1ccc(OCCn2ccnc2)cc1. The maximum Gasteiger partial charge on any atom is 0.411 e. The summed E-state index contributed by atoms with van der Waals surface area (Å²) in [6, 6.07) is 7.09. The van der Waals surface area contributed by atoms with E-state index in [9.17, 15) is 4.79 Å². The second-order valence-corrected chi connectivity index (χ2v) is 3.79. The lowest BCUT2D eigenvalue weighted by Crippen LogP contribution is -2.10. The maximum atomic E-state index is 11.0. The third kappa shape index (κ3) is 4.02. The quantitative estimate of drug-likeness (QED) is 0.895. The summed E-state index contributed by atoms with van der Waals surface area (Å²) < 4.78 is 12.0. The van der Waals surface area contributed by atoms with Crippen molar-refractivity contribution in [1.29, 1.82) is 0 Å². The van der Waals surface area contributed by atoms with Gasteiger partial charge in [-0.1, -0.05) is 0 Å². The van der Waals surface area contributed by atoms with Crippen LogP contribution >= 0.6 is 0 Å². The average molecular weight is 261 g/mol. The summed E-state index contributed by atoms with van der Waals surface area (Å²) in [6.07, 6.45) is 4.86. The van der Waals surface area contributed by atoms with Crippen molar-refractivity contribution in [2.24, 2.45) is 0 Å². The number of amides is 1. The van der Waals surface area contributed by atoms with Crippen LogP contribution in [0.2, 0.25) is 0 Å². The summed E-state index contributed by atoms with van der Waals surface area (Å²) >= 11 is 0. The Morgan fingerprint density at radius 2 is 2.16 bits per heavy atom. The number of hydrogen-bond donors (Lipinski definition) is 1. The molecule has 0 atom stereocenters. The van der Waals surface area contributed by atoms with E-state index in [2.05, 4.69) is 15.0 Å². The number of aromatic nitrogens is 2. The van der Waals surface area contributed by atoms with Crippen molar-refractivity contribution in [3.8, 4) is 5.75 Å². The van der Waals surface area contributed by atoms with Crippen LogP contribution in [0.1, 0.15) is 0 Å². The summed E-state index contributed by atoms with van der Waals surface area (Å²) in [5, 5.41) is 2.57. The first-order chi connectivity index (χ1) is 9.28.